The molecule has 6 aromatic rings. The van der Waals surface area contributed by atoms with Crippen molar-refractivity contribution in [2.75, 3.05) is 7.11 Å². The molecule has 0 amide bonds. The fourth-order valence-electron chi connectivity index (χ4n) is 4.41. The first-order valence-electron chi connectivity index (χ1n) is 11.9. The number of nitrogens with zero attached hydrogens (tertiary/aromatic N) is 4. The average molecular weight is 551 g/mol. The summed E-state index contributed by atoms with van der Waals surface area (Å²) in [4.78, 5) is 5.07. The van der Waals surface area contributed by atoms with Gasteiger partial charge in [-0.25, -0.2) is 9.67 Å². The first-order valence-corrected chi connectivity index (χ1v) is 12.7. The molecule has 37 heavy (non-hydrogen) atoms. The quantitative estimate of drug-likeness (QED) is 0.198. The third-order valence-electron chi connectivity index (χ3n) is 6.32. The minimum absolute atomic E-state index is 0.348. The number of aromatic nitrogens is 4. The molecule has 0 N–H and O–H groups in total. The van der Waals surface area contributed by atoms with Gasteiger partial charge >= 0.3 is 0 Å². The Hall–Kier alpha value is -4.07. The molecule has 0 unspecified atom stereocenters. The Labute approximate surface area is 222 Å². The Morgan fingerprint density at radius 3 is 2.46 bits per heavy atom. The van der Waals surface area contributed by atoms with Crippen molar-refractivity contribution < 1.29 is 9.47 Å². The molecule has 0 atom stereocenters. The van der Waals surface area contributed by atoms with E-state index < -0.39 is 0 Å². The highest BCUT2D eigenvalue weighted by Gasteiger charge is 2.12. The Morgan fingerprint density at radius 2 is 1.65 bits per heavy atom. The average Bonchev–Trinajstić information content (AvgIpc) is 3.42. The van der Waals surface area contributed by atoms with E-state index in [1.165, 1.54) is 0 Å². The minimum Gasteiger partial charge on any atom is -0.497 e. The van der Waals surface area contributed by atoms with Gasteiger partial charge in [-0.2, -0.15) is 0 Å². The van der Waals surface area contributed by atoms with E-state index in [4.69, 9.17) is 14.5 Å². The molecule has 7 heteroatoms. The van der Waals surface area contributed by atoms with Crippen LogP contribution in [0.1, 0.15) is 11.3 Å². The second-order valence-electron chi connectivity index (χ2n) is 8.70. The SMILES string of the molecule is COc1ccc(-n2cc(COCc3cc(-c4ccc(Br)cc4)nc4c3ccc3ccccc34)nn2)cc1. The molecule has 0 aliphatic rings. The van der Waals surface area contributed by atoms with Crippen molar-refractivity contribution in [1.29, 1.82) is 0 Å². The molecule has 0 spiro atoms. The maximum atomic E-state index is 6.15. The monoisotopic (exact) mass is 550 g/mol. The highest BCUT2D eigenvalue weighted by atomic mass is 79.9. The van der Waals surface area contributed by atoms with E-state index in [1.807, 2.05) is 42.6 Å². The van der Waals surface area contributed by atoms with Crippen LogP contribution in [0.5, 0.6) is 5.75 Å². The number of rotatable bonds is 7. The van der Waals surface area contributed by atoms with Crippen molar-refractivity contribution in [3.8, 4) is 22.7 Å². The lowest BCUT2D eigenvalue weighted by Crippen LogP contribution is -1.98. The number of hydrogen-bond acceptors (Lipinski definition) is 5. The highest BCUT2D eigenvalue weighted by Crippen LogP contribution is 2.31. The molecule has 0 saturated heterocycles. The topological polar surface area (TPSA) is 62.1 Å². The summed E-state index contributed by atoms with van der Waals surface area (Å²) >= 11 is 3.53. The molecule has 182 valence electrons. The van der Waals surface area contributed by atoms with E-state index in [2.05, 4.69) is 80.8 Å². The van der Waals surface area contributed by atoms with Crippen LogP contribution in [0.15, 0.2) is 102 Å². The number of methoxy groups -OCH3 is 1. The number of hydrogen-bond donors (Lipinski definition) is 0. The summed E-state index contributed by atoms with van der Waals surface area (Å²) in [6.45, 7) is 0.775. The molecule has 6 nitrogen and oxygen atoms in total. The first kappa shape index (κ1) is 23.3. The lowest BCUT2D eigenvalue weighted by molar-refractivity contribution is 0.105. The number of benzene rings is 4. The lowest BCUT2D eigenvalue weighted by Gasteiger charge is -2.12. The van der Waals surface area contributed by atoms with E-state index in [1.54, 1.807) is 11.8 Å². The first-order chi connectivity index (χ1) is 18.2. The van der Waals surface area contributed by atoms with Gasteiger partial charge in [0.2, 0.25) is 0 Å². The van der Waals surface area contributed by atoms with E-state index in [0.29, 0.717) is 13.2 Å². The Morgan fingerprint density at radius 1 is 0.838 bits per heavy atom. The van der Waals surface area contributed by atoms with Crippen LogP contribution in [0.4, 0.5) is 0 Å². The maximum absolute atomic E-state index is 6.15. The summed E-state index contributed by atoms with van der Waals surface area (Å²) in [5.74, 6) is 0.798. The zero-order valence-corrected chi connectivity index (χ0v) is 21.7. The summed E-state index contributed by atoms with van der Waals surface area (Å²) in [6, 6.07) is 30.6. The van der Waals surface area contributed by atoms with Gasteiger partial charge in [0, 0.05) is 20.8 Å². The molecular weight excluding hydrogens is 528 g/mol. The zero-order chi connectivity index (χ0) is 25.2. The van der Waals surface area contributed by atoms with Gasteiger partial charge in [0.1, 0.15) is 11.4 Å². The van der Waals surface area contributed by atoms with Crippen molar-refractivity contribution in [2.24, 2.45) is 0 Å². The van der Waals surface area contributed by atoms with Gasteiger partial charge in [-0.1, -0.05) is 69.7 Å². The third kappa shape index (κ3) is 4.83. The summed E-state index contributed by atoms with van der Waals surface area (Å²) < 4.78 is 14.1. The van der Waals surface area contributed by atoms with Crippen LogP contribution in [0.2, 0.25) is 0 Å². The Bertz CT molecular complexity index is 1700. The molecule has 0 saturated carbocycles. The predicted molar refractivity (Wildman–Crippen MR) is 149 cm³/mol. The van der Waals surface area contributed by atoms with Crippen LogP contribution in [0.3, 0.4) is 0 Å². The second kappa shape index (κ2) is 10.1. The van der Waals surface area contributed by atoms with Gasteiger partial charge in [0.05, 0.1) is 43.4 Å². The Balaban J connectivity index is 1.29. The summed E-state index contributed by atoms with van der Waals surface area (Å²) in [7, 11) is 1.65. The van der Waals surface area contributed by atoms with Crippen molar-refractivity contribution >= 4 is 37.6 Å². The smallest absolute Gasteiger partial charge is 0.119 e. The number of pyridine rings is 1. The molecule has 6 rings (SSSR count). The fourth-order valence-corrected chi connectivity index (χ4v) is 4.67. The van der Waals surface area contributed by atoms with Gasteiger partial charge in [0.25, 0.3) is 0 Å². The van der Waals surface area contributed by atoms with Gasteiger partial charge in [-0.05, 0) is 53.4 Å². The van der Waals surface area contributed by atoms with Crippen LogP contribution >= 0.6 is 15.9 Å². The van der Waals surface area contributed by atoms with Gasteiger partial charge in [0.15, 0.2) is 0 Å². The molecule has 0 fully saturated rings. The van der Waals surface area contributed by atoms with E-state index in [0.717, 1.165) is 60.1 Å². The molecule has 4 aromatic carbocycles. The second-order valence-corrected chi connectivity index (χ2v) is 9.62. The van der Waals surface area contributed by atoms with Crippen LogP contribution in [0.25, 0.3) is 38.6 Å². The number of ether oxygens (including phenoxy) is 2. The van der Waals surface area contributed by atoms with E-state index >= 15 is 0 Å². The number of halogens is 1. The number of fused-ring (bicyclic) bond motifs is 3. The highest BCUT2D eigenvalue weighted by molar-refractivity contribution is 9.10. The van der Waals surface area contributed by atoms with Gasteiger partial charge in [-0.15, -0.1) is 5.10 Å². The van der Waals surface area contributed by atoms with Gasteiger partial charge in [-0.3, -0.25) is 0 Å². The van der Waals surface area contributed by atoms with Crippen LogP contribution in [-0.2, 0) is 18.0 Å². The molecule has 0 aliphatic heterocycles. The summed E-state index contributed by atoms with van der Waals surface area (Å²) in [5, 5.41) is 11.9. The summed E-state index contributed by atoms with van der Waals surface area (Å²) in [5.41, 5.74) is 5.69. The van der Waals surface area contributed by atoms with Crippen LogP contribution in [0, 0.1) is 0 Å². The predicted octanol–water partition coefficient (Wildman–Crippen LogP) is 7.12. The van der Waals surface area contributed by atoms with E-state index in [9.17, 15) is 0 Å². The molecule has 2 aromatic heterocycles. The largest absolute Gasteiger partial charge is 0.497 e. The fraction of sp³-hybridized carbons (Fsp3) is 0.100. The molecule has 2 heterocycles. The normalized spacial score (nSPS) is 11.3. The molecular formula is C30H23BrN4O2. The third-order valence-corrected chi connectivity index (χ3v) is 6.84. The summed E-state index contributed by atoms with van der Waals surface area (Å²) in [6.07, 6.45) is 1.88. The van der Waals surface area contributed by atoms with E-state index in [-0.39, 0.29) is 0 Å². The van der Waals surface area contributed by atoms with Crippen molar-refractivity contribution in [3.05, 3.63) is 113 Å². The Kier molecular flexibility index (Phi) is 6.39. The molecule has 0 bridgehead atoms. The van der Waals surface area contributed by atoms with Crippen molar-refractivity contribution in [1.82, 2.24) is 20.0 Å². The molecule has 0 radical (unpaired) electrons. The standard InChI is InChI=1S/C30H23BrN4O2/c1-36-26-13-11-25(12-14-26)35-17-24(33-34-35)19-37-18-22-16-29(21-6-9-23(31)10-7-21)32-30-27-5-3-2-4-20(27)8-15-28(22)30/h2-17H,18-19H2,1H3. The van der Waals surface area contributed by atoms with Crippen LogP contribution < -0.4 is 4.74 Å². The van der Waals surface area contributed by atoms with Crippen molar-refractivity contribution in [2.45, 2.75) is 13.2 Å². The lowest BCUT2D eigenvalue weighted by atomic mass is 10.0. The zero-order valence-electron chi connectivity index (χ0n) is 20.1. The van der Waals surface area contributed by atoms with Crippen LogP contribution in [-0.4, -0.2) is 27.1 Å². The maximum Gasteiger partial charge on any atom is 0.119 e. The van der Waals surface area contributed by atoms with Gasteiger partial charge < -0.3 is 9.47 Å². The van der Waals surface area contributed by atoms with Crippen molar-refractivity contribution in [3.63, 3.8) is 0 Å². The molecule has 0 aliphatic carbocycles. The minimum atomic E-state index is 0.348.